The zero-order valence-corrected chi connectivity index (χ0v) is 17.1. The second-order valence-corrected chi connectivity index (χ2v) is 7.38. The van der Waals surface area contributed by atoms with Crippen molar-refractivity contribution >= 4 is 33.7 Å². The van der Waals surface area contributed by atoms with Crippen LogP contribution in [-0.4, -0.2) is 46.3 Å². The normalized spacial score (nSPS) is 11.4. The number of benzene rings is 2. The van der Waals surface area contributed by atoms with E-state index in [0.29, 0.717) is 16.6 Å². The number of methoxy groups -OCH3 is 1. The number of aromatic nitrogens is 4. The minimum absolute atomic E-state index is 0.223. The monoisotopic (exact) mass is 389 g/mol. The third-order valence-electron chi connectivity index (χ3n) is 5.19. The zero-order chi connectivity index (χ0) is 20.7. The van der Waals surface area contributed by atoms with Crippen LogP contribution in [0.4, 0.5) is 5.82 Å². The molecule has 0 unspecified atom stereocenters. The van der Waals surface area contributed by atoms with E-state index in [1.54, 1.807) is 18.2 Å². The number of aryl methyl sites for hydroxylation is 1. The molecule has 2 aromatic heterocycles. The van der Waals surface area contributed by atoms with Crippen molar-refractivity contribution in [2.45, 2.75) is 26.8 Å². The van der Waals surface area contributed by atoms with Crippen molar-refractivity contribution in [3.63, 3.8) is 0 Å². The second kappa shape index (κ2) is 7.16. The predicted octanol–water partition coefficient (Wildman–Crippen LogP) is 4.11. The quantitative estimate of drug-likeness (QED) is 0.529. The van der Waals surface area contributed by atoms with E-state index in [1.807, 2.05) is 26.1 Å². The summed E-state index contributed by atoms with van der Waals surface area (Å²) >= 11 is 0. The maximum atomic E-state index is 11.9. The predicted molar refractivity (Wildman–Crippen MR) is 114 cm³/mol. The van der Waals surface area contributed by atoms with Crippen LogP contribution in [0.25, 0.3) is 33.2 Å². The highest BCUT2D eigenvalue weighted by Crippen LogP contribution is 2.32. The Morgan fingerprint density at radius 3 is 2.59 bits per heavy atom. The van der Waals surface area contributed by atoms with E-state index in [2.05, 4.69) is 35.0 Å². The minimum atomic E-state index is -0.393. The first-order valence-corrected chi connectivity index (χ1v) is 9.47. The van der Waals surface area contributed by atoms with E-state index < -0.39 is 5.97 Å². The maximum absolute atomic E-state index is 11.9. The van der Waals surface area contributed by atoms with Crippen LogP contribution in [0.1, 0.15) is 29.9 Å². The number of hydrogen-bond donors (Lipinski definition) is 1. The fourth-order valence-electron chi connectivity index (χ4n) is 3.27. The number of nitrogens with one attached hydrogen (secondary N) is 1. The van der Waals surface area contributed by atoms with Crippen LogP contribution in [0.2, 0.25) is 0 Å². The molecule has 0 aliphatic heterocycles. The molecular weight excluding hydrogens is 366 g/mol. The van der Waals surface area contributed by atoms with E-state index in [-0.39, 0.29) is 6.04 Å². The molecule has 7 heteroatoms. The molecule has 0 fully saturated rings. The van der Waals surface area contributed by atoms with Gasteiger partial charge in [-0.3, -0.25) is 5.10 Å². The number of ether oxygens (including phenoxy) is 1. The fraction of sp³-hybridized carbons (Fsp3) is 0.273. The van der Waals surface area contributed by atoms with E-state index in [9.17, 15) is 4.79 Å². The number of aromatic amines is 1. The molecule has 4 aromatic rings. The first-order chi connectivity index (χ1) is 13.9. The van der Waals surface area contributed by atoms with Gasteiger partial charge in [-0.05, 0) is 45.0 Å². The number of nitrogens with zero attached hydrogens (tertiary/aromatic N) is 4. The average Bonchev–Trinajstić information content (AvgIpc) is 3.11. The van der Waals surface area contributed by atoms with Crippen LogP contribution < -0.4 is 4.90 Å². The lowest BCUT2D eigenvalue weighted by Crippen LogP contribution is -2.27. The summed E-state index contributed by atoms with van der Waals surface area (Å²) in [5.74, 6) is 0.358. The molecular formula is C22H23N5O2. The summed E-state index contributed by atoms with van der Waals surface area (Å²) in [5, 5.41) is 8.49. The summed E-state index contributed by atoms with van der Waals surface area (Å²) in [6, 6.07) is 11.6. The SMILES string of the molecule is COC(=O)c1ccc2nc(-c3ccc4c(C)[nH]nc4c3)c(N(C)C(C)C)nc2c1. The van der Waals surface area contributed by atoms with E-state index in [1.165, 1.54) is 7.11 Å². The molecule has 0 aliphatic rings. The summed E-state index contributed by atoms with van der Waals surface area (Å²) in [6.07, 6.45) is 0. The first kappa shape index (κ1) is 18.9. The van der Waals surface area contributed by atoms with Crippen LogP contribution in [0.15, 0.2) is 36.4 Å². The molecule has 2 aromatic carbocycles. The lowest BCUT2D eigenvalue weighted by atomic mass is 10.1. The average molecular weight is 389 g/mol. The standard InChI is InChI=1S/C22H23N5O2/c1-12(2)27(4)21-20(14-6-8-16-13(3)25-26-18(16)10-14)23-17-9-7-15(22(28)29-5)11-19(17)24-21/h6-12H,1-5H3,(H,25,26). The van der Waals surface area contributed by atoms with Crippen molar-refractivity contribution in [1.82, 2.24) is 20.2 Å². The van der Waals surface area contributed by atoms with Crippen molar-refractivity contribution in [3.05, 3.63) is 47.7 Å². The van der Waals surface area contributed by atoms with Gasteiger partial charge in [0.15, 0.2) is 5.82 Å². The van der Waals surface area contributed by atoms with Gasteiger partial charge in [0.25, 0.3) is 0 Å². The third kappa shape index (κ3) is 3.29. The van der Waals surface area contributed by atoms with E-state index >= 15 is 0 Å². The van der Waals surface area contributed by atoms with Crippen LogP contribution >= 0.6 is 0 Å². The van der Waals surface area contributed by atoms with Crippen molar-refractivity contribution in [2.75, 3.05) is 19.1 Å². The summed E-state index contributed by atoms with van der Waals surface area (Å²) in [4.78, 5) is 23.7. The van der Waals surface area contributed by atoms with Crippen LogP contribution in [0, 0.1) is 6.92 Å². The van der Waals surface area contributed by atoms with Gasteiger partial charge in [-0.25, -0.2) is 14.8 Å². The number of anilines is 1. The number of carbonyl (C=O) groups excluding carboxylic acids is 1. The maximum Gasteiger partial charge on any atom is 0.337 e. The highest BCUT2D eigenvalue weighted by Gasteiger charge is 2.18. The van der Waals surface area contributed by atoms with Crippen molar-refractivity contribution < 1.29 is 9.53 Å². The van der Waals surface area contributed by atoms with Gasteiger partial charge in [-0.1, -0.05) is 12.1 Å². The van der Waals surface area contributed by atoms with Gasteiger partial charge in [0, 0.05) is 29.7 Å². The molecule has 0 bridgehead atoms. The topological polar surface area (TPSA) is 84.0 Å². The molecule has 2 heterocycles. The Morgan fingerprint density at radius 1 is 1.07 bits per heavy atom. The van der Waals surface area contributed by atoms with E-state index in [0.717, 1.165) is 33.7 Å². The number of carbonyl (C=O) groups is 1. The molecule has 0 saturated carbocycles. The Balaban J connectivity index is 1.94. The Hall–Kier alpha value is -3.48. The van der Waals surface area contributed by atoms with Gasteiger partial charge < -0.3 is 9.64 Å². The molecule has 0 saturated heterocycles. The molecule has 7 nitrogen and oxygen atoms in total. The smallest absolute Gasteiger partial charge is 0.337 e. The summed E-state index contributed by atoms with van der Waals surface area (Å²) < 4.78 is 4.83. The number of H-pyrrole nitrogens is 1. The largest absolute Gasteiger partial charge is 0.465 e. The van der Waals surface area contributed by atoms with Crippen molar-refractivity contribution in [3.8, 4) is 11.3 Å². The van der Waals surface area contributed by atoms with Crippen LogP contribution in [0.3, 0.4) is 0 Å². The molecule has 1 N–H and O–H groups in total. The Kier molecular flexibility index (Phi) is 4.66. The van der Waals surface area contributed by atoms with Gasteiger partial charge in [0.05, 0.1) is 29.2 Å². The van der Waals surface area contributed by atoms with Crippen LogP contribution in [0.5, 0.6) is 0 Å². The summed E-state index contributed by atoms with van der Waals surface area (Å²) in [5.41, 5.74) is 5.46. The molecule has 29 heavy (non-hydrogen) atoms. The van der Waals surface area contributed by atoms with Crippen molar-refractivity contribution in [1.29, 1.82) is 0 Å². The highest BCUT2D eigenvalue weighted by molar-refractivity contribution is 5.95. The Labute approximate surface area is 168 Å². The number of esters is 1. The molecule has 0 radical (unpaired) electrons. The first-order valence-electron chi connectivity index (χ1n) is 9.47. The minimum Gasteiger partial charge on any atom is -0.465 e. The van der Waals surface area contributed by atoms with E-state index in [4.69, 9.17) is 14.7 Å². The molecule has 0 atom stereocenters. The molecule has 0 aliphatic carbocycles. The Morgan fingerprint density at radius 2 is 1.86 bits per heavy atom. The zero-order valence-electron chi connectivity index (χ0n) is 17.1. The fourth-order valence-corrected chi connectivity index (χ4v) is 3.27. The van der Waals surface area contributed by atoms with Crippen molar-refractivity contribution in [2.24, 2.45) is 0 Å². The molecule has 148 valence electrons. The van der Waals surface area contributed by atoms with Gasteiger partial charge >= 0.3 is 5.97 Å². The number of rotatable bonds is 4. The van der Waals surface area contributed by atoms with Gasteiger partial charge in [0.2, 0.25) is 0 Å². The lowest BCUT2D eigenvalue weighted by molar-refractivity contribution is 0.0601. The number of fused-ring (bicyclic) bond motifs is 2. The second-order valence-electron chi connectivity index (χ2n) is 7.38. The Bertz CT molecular complexity index is 1230. The molecule has 0 amide bonds. The summed E-state index contributed by atoms with van der Waals surface area (Å²) in [6.45, 7) is 6.20. The lowest BCUT2D eigenvalue weighted by Gasteiger charge is -2.25. The number of hydrogen-bond acceptors (Lipinski definition) is 6. The molecule has 0 spiro atoms. The van der Waals surface area contributed by atoms with Gasteiger partial charge in [0.1, 0.15) is 5.69 Å². The van der Waals surface area contributed by atoms with Crippen LogP contribution in [-0.2, 0) is 4.74 Å². The summed E-state index contributed by atoms with van der Waals surface area (Å²) in [7, 11) is 3.36. The van der Waals surface area contributed by atoms with Gasteiger partial charge in [-0.15, -0.1) is 0 Å². The van der Waals surface area contributed by atoms with Gasteiger partial charge in [-0.2, -0.15) is 5.10 Å². The third-order valence-corrected chi connectivity index (χ3v) is 5.19. The highest BCUT2D eigenvalue weighted by atomic mass is 16.5. The molecule has 4 rings (SSSR count).